The van der Waals surface area contributed by atoms with Gasteiger partial charge in [0.05, 0.1) is 24.0 Å². The summed E-state index contributed by atoms with van der Waals surface area (Å²) in [5, 5.41) is 2.86. The Morgan fingerprint density at radius 3 is 2.57 bits per heavy atom. The number of sulfonamides is 1. The molecule has 0 radical (unpaired) electrons. The van der Waals surface area contributed by atoms with Gasteiger partial charge in [0.15, 0.2) is 0 Å². The van der Waals surface area contributed by atoms with E-state index in [0.29, 0.717) is 24.4 Å². The van der Waals surface area contributed by atoms with E-state index in [1.807, 2.05) is 30.3 Å². The van der Waals surface area contributed by atoms with Crippen molar-refractivity contribution in [1.29, 1.82) is 0 Å². The number of carbonyl (C=O) groups excluding carboxylic acids is 2. The van der Waals surface area contributed by atoms with Crippen molar-refractivity contribution in [2.75, 3.05) is 5.75 Å². The van der Waals surface area contributed by atoms with Gasteiger partial charge in [-0.1, -0.05) is 32.0 Å². The maximum Gasteiger partial charge on any atom is 0.251 e. The maximum atomic E-state index is 13.5. The van der Waals surface area contributed by atoms with Gasteiger partial charge >= 0.3 is 0 Å². The molecule has 1 saturated heterocycles. The average molecular weight is 494 g/mol. The average Bonchev–Trinajstić information content (AvgIpc) is 3.50. The molecular weight excluding hydrogens is 462 g/mol. The van der Waals surface area contributed by atoms with E-state index in [0.717, 1.165) is 30.5 Å². The van der Waals surface area contributed by atoms with Gasteiger partial charge in [-0.25, -0.2) is 12.7 Å². The highest BCUT2D eigenvalue weighted by molar-refractivity contribution is 7.90. The highest BCUT2D eigenvalue weighted by Crippen LogP contribution is 2.70. The molecule has 184 valence electrons. The number of amides is 2. The van der Waals surface area contributed by atoms with E-state index in [1.54, 1.807) is 18.3 Å². The molecule has 2 amide bonds. The smallest absolute Gasteiger partial charge is 0.251 e. The molecule has 7 nitrogen and oxygen atoms in total. The lowest BCUT2D eigenvalue weighted by Crippen LogP contribution is -2.44. The normalized spacial score (nSPS) is 33.4. The van der Waals surface area contributed by atoms with Gasteiger partial charge in [0.1, 0.15) is 0 Å². The Morgan fingerprint density at radius 1 is 1.11 bits per heavy atom. The summed E-state index contributed by atoms with van der Waals surface area (Å²) < 4.78 is 27.7. The second kappa shape index (κ2) is 7.63. The summed E-state index contributed by atoms with van der Waals surface area (Å²) in [4.78, 5) is 30.2. The van der Waals surface area contributed by atoms with Crippen LogP contribution in [0.1, 0.15) is 67.1 Å². The molecule has 1 spiro atoms. The Bertz CT molecular complexity index is 1290. The van der Waals surface area contributed by atoms with Crippen LogP contribution in [-0.4, -0.2) is 41.3 Å². The predicted octanol–water partition coefficient (Wildman–Crippen LogP) is 3.48. The summed E-state index contributed by atoms with van der Waals surface area (Å²) in [6, 6.07) is 12.7. The summed E-state index contributed by atoms with van der Waals surface area (Å²) in [6.07, 6.45) is 5.11. The zero-order valence-corrected chi connectivity index (χ0v) is 20.9. The molecule has 35 heavy (non-hydrogen) atoms. The summed E-state index contributed by atoms with van der Waals surface area (Å²) in [7, 11) is -3.59. The number of nitrogens with one attached hydrogen (secondary N) is 1. The third-order valence-electron chi connectivity index (χ3n) is 9.49. The summed E-state index contributed by atoms with van der Waals surface area (Å²) >= 11 is 0. The molecule has 1 aliphatic heterocycles. The van der Waals surface area contributed by atoms with E-state index in [9.17, 15) is 18.0 Å². The van der Waals surface area contributed by atoms with Crippen LogP contribution in [0, 0.1) is 22.7 Å². The molecule has 5 atom stereocenters. The molecule has 3 aliphatic carbocycles. The minimum atomic E-state index is -3.59. The van der Waals surface area contributed by atoms with Crippen molar-refractivity contribution in [2.45, 2.75) is 58.0 Å². The van der Waals surface area contributed by atoms with Crippen LogP contribution in [-0.2, 0) is 21.4 Å². The number of carbonyl (C=O) groups is 2. The number of pyridine rings is 1. The Hall–Kier alpha value is -2.74. The number of hydrogen-bond acceptors (Lipinski definition) is 5. The van der Waals surface area contributed by atoms with Crippen LogP contribution in [0.25, 0.3) is 0 Å². The third-order valence-corrected chi connectivity index (χ3v) is 11.4. The van der Waals surface area contributed by atoms with E-state index in [2.05, 4.69) is 24.1 Å². The van der Waals surface area contributed by atoms with Crippen molar-refractivity contribution in [1.82, 2.24) is 14.6 Å². The van der Waals surface area contributed by atoms with Crippen LogP contribution in [0.3, 0.4) is 0 Å². The fourth-order valence-electron chi connectivity index (χ4n) is 7.24. The Kier molecular flexibility index (Phi) is 4.95. The topological polar surface area (TPSA) is 96.4 Å². The van der Waals surface area contributed by atoms with Gasteiger partial charge in [0, 0.05) is 23.1 Å². The molecule has 1 aromatic carbocycles. The minimum absolute atomic E-state index is 0.00600. The van der Waals surface area contributed by atoms with Crippen molar-refractivity contribution in [3.63, 3.8) is 0 Å². The number of hydrogen-bond donors (Lipinski definition) is 1. The van der Waals surface area contributed by atoms with Crippen LogP contribution >= 0.6 is 0 Å². The van der Waals surface area contributed by atoms with Crippen LogP contribution < -0.4 is 5.32 Å². The zero-order valence-electron chi connectivity index (χ0n) is 20.1. The van der Waals surface area contributed by atoms with E-state index >= 15 is 0 Å². The van der Waals surface area contributed by atoms with Gasteiger partial charge in [-0.2, -0.15) is 0 Å². The minimum Gasteiger partial charge on any atom is -0.346 e. The van der Waals surface area contributed by atoms with Crippen molar-refractivity contribution in [2.24, 2.45) is 22.7 Å². The Labute approximate surface area is 206 Å². The molecule has 2 heterocycles. The van der Waals surface area contributed by atoms with Gasteiger partial charge in [-0.3, -0.25) is 14.6 Å². The molecule has 4 fully saturated rings. The molecule has 2 aromatic rings. The van der Waals surface area contributed by atoms with Crippen LogP contribution in [0.2, 0.25) is 0 Å². The van der Waals surface area contributed by atoms with Gasteiger partial charge in [-0.15, -0.1) is 0 Å². The molecule has 8 heteroatoms. The second-order valence-electron chi connectivity index (χ2n) is 11.3. The first-order chi connectivity index (χ1) is 16.6. The zero-order chi connectivity index (χ0) is 24.6. The first-order valence-electron chi connectivity index (χ1n) is 12.5. The van der Waals surface area contributed by atoms with E-state index in [-0.39, 0.29) is 46.3 Å². The van der Waals surface area contributed by atoms with Crippen LogP contribution in [0.4, 0.5) is 0 Å². The first-order valence-corrected chi connectivity index (χ1v) is 14.1. The lowest BCUT2D eigenvalue weighted by atomic mass is 9.69. The van der Waals surface area contributed by atoms with Gasteiger partial charge in [0.2, 0.25) is 15.9 Å². The number of aromatic nitrogens is 1. The summed E-state index contributed by atoms with van der Waals surface area (Å²) in [5.41, 5.74) is 1.97. The molecule has 0 unspecified atom stereocenters. The first kappa shape index (κ1) is 22.7. The van der Waals surface area contributed by atoms with Gasteiger partial charge in [-0.05, 0) is 72.8 Å². The standard InChI is InChI=1S/C27H31N3O4S/c1-26(2)19-10-11-27(26)16-35(33,34)30(23(27)13-19)25(32)22-14-21(22)17-6-8-18(9-7-17)24(31)29-15-20-5-3-4-12-28-20/h3-9,12,19,21-23H,10-11,13-16H2,1-2H3,(H,29,31)/t19-,21-,22+,23-,27-/m0/s1. The maximum absolute atomic E-state index is 13.5. The Balaban J connectivity index is 1.13. The number of rotatable bonds is 5. The third kappa shape index (κ3) is 3.36. The van der Waals surface area contributed by atoms with Crippen LogP contribution in [0.5, 0.6) is 0 Å². The van der Waals surface area contributed by atoms with Gasteiger partial charge in [0.25, 0.3) is 5.91 Å². The van der Waals surface area contributed by atoms with Gasteiger partial charge < -0.3 is 5.32 Å². The SMILES string of the molecule is CC1(C)[C@H]2CC[C@@]13CS(=O)(=O)N(C(=O)[C@@H]1C[C@H]1c1ccc(C(=O)NCc4ccccn4)cc1)[C@H]3C2. The van der Waals surface area contributed by atoms with Crippen molar-refractivity contribution < 1.29 is 18.0 Å². The molecule has 1 N–H and O–H groups in total. The largest absolute Gasteiger partial charge is 0.346 e. The Morgan fingerprint density at radius 2 is 1.89 bits per heavy atom. The molecule has 6 rings (SSSR count). The quantitative estimate of drug-likeness (QED) is 0.688. The van der Waals surface area contributed by atoms with E-state index < -0.39 is 10.0 Å². The van der Waals surface area contributed by atoms with Crippen LogP contribution in [0.15, 0.2) is 48.7 Å². The number of benzene rings is 1. The van der Waals surface area contributed by atoms with Crippen molar-refractivity contribution >= 4 is 21.8 Å². The fourth-order valence-corrected chi connectivity index (χ4v) is 9.82. The van der Waals surface area contributed by atoms with E-state index in [4.69, 9.17) is 0 Å². The molecule has 4 aliphatic rings. The van der Waals surface area contributed by atoms with E-state index in [1.165, 1.54) is 4.31 Å². The fraction of sp³-hybridized carbons (Fsp3) is 0.519. The highest BCUT2D eigenvalue weighted by Gasteiger charge is 2.73. The highest BCUT2D eigenvalue weighted by atomic mass is 32.2. The van der Waals surface area contributed by atoms with Crippen molar-refractivity contribution in [3.8, 4) is 0 Å². The lowest BCUT2D eigenvalue weighted by Gasteiger charge is -2.37. The molecule has 2 bridgehead atoms. The monoisotopic (exact) mass is 493 g/mol. The summed E-state index contributed by atoms with van der Waals surface area (Å²) in [6.45, 7) is 4.75. The van der Waals surface area contributed by atoms with Crippen molar-refractivity contribution in [3.05, 3.63) is 65.5 Å². The predicted molar refractivity (Wildman–Crippen MR) is 131 cm³/mol. The molecule has 3 saturated carbocycles. The number of fused-ring (bicyclic) bond motifs is 1. The number of nitrogens with zero attached hydrogens (tertiary/aromatic N) is 2. The molecular formula is C27H31N3O4S. The summed E-state index contributed by atoms with van der Waals surface area (Å²) in [5.74, 6) is -0.0999. The molecule has 1 aromatic heterocycles. The second-order valence-corrected chi connectivity index (χ2v) is 13.2. The lowest BCUT2D eigenvalue weighted by molar-refractivity contribution is -0.130.